The summed E-state index contributed by atoms with van der Waals surface area (Å²) in [6.07, 6.45) is 0.523. The highest BCUT2D eigenvalue weighted by molar-refractivity contribution is 5.73. The first-order chi connectivity index (χ1) is 20.1. The van der Waals surface area contributed by atoms with Gasteiger partial charge in [0.1, 0.15) is 0 Å². The minimum Gasteiger partial charge on any atom is -0.439 e. The fourth-order valence-corrected chi connectivity index (χ4v) is 5.62. The van der Waals surface area contributed by atoms with Crippen LogP contribution in [0.3, 0.4) is 0 Å². The molecule has 16 nitrogen and oxygen atoms in total. The van der Waals surface area contributed by atoms with E-state index in [1.54, 1.807) is 0 Å². The van der Waals surface area contributed by atoms with Crippen LogP contribution in [-0.4, -0.2) is 173 Å². The Morgan fingerprint density at radius 2 is 0.833 bits per heavy atom. The first-order valence-electron chi connectivity index (χ1n) is 14.1. The van der Waals surface area contributed by atoms with Crippen LogP contribution in [0.2, 0.25) is 0 Å². The maximum atomic E-state index is 12.5. The molecule has 3 unspecified atom stereocenters. The molecule has 3 atom stereocenters. The Balaban J connectivity index is 0.000000592. The normalized spacial score (nSPS) is 20.3. The van der Waals surface area contributed by atoms with Gasteiger partial charge in [-0.15, -0.1) is 0 Å². The van der Waals surface area contributed by atoms with E-state index in [-0.39, 0.29) is 37.4 Å². The lowest BCUT2D eigenvalue weighted by Crippen LogP contribution is -2.62. The van der Waals surface area contributed by atoms with Gasteiger partial charge in [0.25, 0.3) is 0 Å². The molecule has 3 rings (SSSR count). The topological polar surface area (TPSA) is 230 Å². The van der Waals surface area contributed by atoms with Crippen LogP contribution in [0.5, 0.6) is 0 Å². The molecule has 42 heavy (non-hydrogen) atoms. The van der Waals surface area contributed by atoms with Gasteiger partial charge in [-0.2, -0.15) is 0 Å². The molecule has 0 bridgehead atoms. The van der Waals surface area contributed by atoms with Crippen LogP contribution < -0.4 is 0 Å². The third kappa shape index (κ3) is 9.77. The van der Waals surface area contributed by atoms with Gasteiger partial charge in [0, 0.05) is 62.8 Å². The third-order valence-electron chi connectivity index (χ3n) is 8.34. The van der Waals surface area contributed by atoms with E-state index in [1.807, 2.05) is 6.92 Å². The Kier molecular flexibility index (Phi) is 14.9. The Bertz CT molecular complexity index is 741. The second-order valence-corrected chi connectivity index (χ2v) is 10.8. The van der Waals surface area contributed by atoms with E-state index < -0.39 is 75.5 Å². The van der Waals surface area contributed by atoms with E-state index in [4.69, 9.17) is 50.0 Å². The van der Waals surface area contributed by atoms with Gasteiger partial charge in [-0.05, 0) is 6.42 Å². The average molecular weight is 610 g/mol. The molecular formula is C26H47N3O13. The van der Waals surface area contributed by atoms with Gasteiger partial charge >= 0.3 is 17.9 Å². The van der Waals surface area contributed by atoms with Gasteiger partial charge in [0.2, 0.25) is 0 Å². The molecule has 0 aromatic rings. The van der Waals surface area contributed by atoms with Crippen molar-refractivity contribution in [2.45, 2.75) is 50.7 Å². The molecule has 3 heterocycles. The highest BCUT2D eigenvalue weighted by atomic mass is 16.6. The number of hydrogen-bond acceptors (Lipinski definition) is 16. The van der Waals surface area contributed by atoms with Crippen LogP contribution in [0.4, 0.5) is 0 Å². The zero-order chi connectivity index (χ0) is 31.3. The standard InChI is InChI=1S/C21H35N3O9.C5H12O4/c1-2-21(15(22-3-4-22)9-18(28)31-12-25,16(23-5-6-23)10-19(29)32-13-26)17(24-7-8-24)11-20(30)33-14-27;6-1-5(2-7,3-8)4-9/h15-17,25-27H,2-14H2,1H3;6-9H,1-4H2. The molecule has 3 aliphatic rings. The van der Waals surface area contributed by atoms with Crippen molar-refractivity contribution in [1.29, 1.82) is 0 Å². The van der Waals surface area contributed by atoms with Crippen LogP contribution in [-0.2, 0) is 28.6 Å². The lowest BCUT2D eigenvalue weighted by molar-refractivity contribution is -0.159. The lowest BCUT2D eigenvalue weighted by atomic mass is 9.63. The van der Waals surface area contributed by atoms with Crippen LogP contribution in [0, 0.1) is 10.8 Å². The highest BCUT2D eigenvalue weighted by Crippen LogP contribution is 2.50. The van der Waals surface area contributed by atoms with Crippen LogP contribution in [0.15, 0.2) is 0 Å². The van der Waals surface area contributed by atoms with Crippen molar-refractivity contribution in [2.24, 2.45) is 10.8 Å². The molecule has 3 fully saturated rings. The van der Waals surface area contributed by atoms with Crippen molar-refractivity contribution >= 4 is 17.9 Å². The Morgan fingerprint density at radius 1 is 0.571 bits per heavy atom. The summed E-state index contributed by atoms with van der Waals surface area (Å²) in [5.41, 5.74) is -1.85. The molecule has 0 saturated carbocycles. The molecule has 0 amide bonds. The maximum absolute atomic E-state index is 12.5. The minimum atomic E-state index is -1.11. The van der Waals surface area contributed by atoms with E-state index in [0.29, 0.717) is 6.42 Å². The molecule has 3 saturated heterocycles. The summed E-state index contributed by atoms with van der Waals surface area (Å²) in [7, 11) is 0. The van der Waals surface area contributed by atoms with Crippen molar-refractivity contribution in [3.63, 3.8) is 0 Å². The third-order valence-corrected chi connectivity index (χ3v) is 8.34. The number of aliphatic hydroxyl groups is 7. The maximum Gasteiger partial charge on any atom is 0.309 e. The molecule has 244 valence electrons. The van der Waals surface area contributed by atoms with Crippen molar-refractivity contribution < 1.29 is 64.3 Å². The summed E-state index contributed by atoms with van der Waals surface area (Å²) in [5.74, 6) is -1.67. The number of hydrogen-bond donors (Lipinski definition) is 7. The number of ether oxygens (including phenoxy) is 3. The molecule has 0 aromatic heterocycles. The molecule has 0 aromatic carbocycles. The number of esters is 3. The first kappa shape index (κ1) is 36.2. The zero-order valence-electron chi connectivity index (χ0n) is 24.2. The summed E-state index contributed by atoms with van der Waals surface area (Å²) in [4.78, 5) is 44.0. The highest BCUT2D eigenvalue weighted by Gasteiger charge is 2.60. The molecule has 16 heteroatoms. The number of rotatable bonds is 20. The van der Waals surface area contributed by atoms with Gasteiger partial charge in [0.05, 0.1) is 51.1 Å². The first-order valence-corrected chi connectivity index (χ1v) is 14.1. The van der Waals surface area contributed by atoms with Gasteiger partial charge in [-0.1, -0.05) is 6.92 Å². The van der Waals surface area contributed by atoms with Crippen LogP contribution in [0.25, 0.3) is 0 Å². The predicted molar refractivity (Wildman–Crippen MR) is 143 cm³/mol. The average Bonchev–Trinajstić information content (AvgIpc) is 3.83. The van der Waals surface area contributed by atoms with Gasteiger partial charge < -0.3 is 50.0 Å². The summed E-state index contributed by atoms with van der Waals surface area (Å²) in [6.45, 7) is 2.78. The van der Waals surface area contributed by atoms with Crippen molar-refractivity contribution in [3.05, 3.63) is 0 Å². The molecule has 3 aliphatic heterocycles. The Labute approximate surface area is 245 Å². The van der Waals surface area contributed by atoms with Crippen molar-refractivity contribution in [1.82, 2.24) is 14.7 Å². The molecule has 7 N–H and O–H groups in total. The monoisotopic (exact) mass is 609 g/mol. The quantitative estimate of drug-likeness (QED) is 0.0302. The fourth-order valence-electron chi connectivity index (χ4n) is 5.62. The summed E-state index contributed by atoms with van der Waals surface area (Å²) >= 11 is 0. The van der Waals surface area contributed by atoms with Gasteiger partial charge in [-0.3, -0.25) is 29.1 Å². The lowest BCUT2D eigenvalue weighted by Gasteiger charge is -2.52. The van der Waals surface area contributed by atoms with E-state index in [2.05, 4.69) is 14.7 Å². The Hall–Kier alpha value is -1.99. The minimum absolute atomic E-state index is 0.00677. The summed E-state index contributed by atoms with van der Waals surface area (Å²) in [6, 6.07) is -1.08. The van der Waals surface area contributed by atoms with Crippen molar-refractivity contribution in [3.8, 4) is 0 Å². The smallest absolute Gasteiger partial charge is 0.309 e. The van der Waals surface area contributed by atoms with E-state index in [0.717, 1.165) is 39.3 Å². The summed E-state index contributed by atoms with van der Waals surface area (Å²) in [5, 5.41) is 61.3. The number of aliphatic hydroxyl groups excluding tert-OH is 7. The van der Waals surface area contributed by atoms with Crippen LogP contribution >= 0.6 is 0 Å². The van der Waals surface area contributed by atoms with Gasteiger partial charge in [0.15, 0.2) is 20.4 Å². The molecule has 0 radical (unpaired) electrons. The second-order valence-electron chi connectivity index (χ2n) is 10.8. The largest absolute Gasteiger partial charge is 0.439 e. The Morgan fingerprint density at radius 3 is 0.976 bits per heavy atom. The fraction of sp³-hybridized carbons (Fsp3) is 0.885. The number of nitrogens with zero attached hydrogens (tertiary/aromatic N) is 3. The molecular weight excluding hydrogens is 562 g/mol. The zero-order valence-corrected chi connectivity index (χ0v) is 24.2. The predicted octanol–water partition coefficient (Wildman–Crippen LogP) is -3.97. The SMILES string of the molecule is CCC(C(CC(=O)OCO)N1CC1)(C(CC(=O)OCO)N1CC1)C(CC(=O)OCO)N1CC1.OCC(CO)(CO)CO. The van der Waals surface area contributed by atoms with Crippen LogP contribution in [0.1, 0.15) is 32.6 Å². The number of carbonyl (C=O) groups is 3. The summed E-state index contributed by atoms with van der Waals surface area (Å²) < 4.78 is 14.6. The second kappa shape index (κ2) is 17.3. The number of carbonyl (C=O) groups excluding carboxylic acids is 3. The van der Waals surface area contributed by atoms with Crippen molar-refractivity contribution in [2.75, 3.05) is 86.1 Å². The van der Waals surface area contributed by atoms with E-state index in [1.165, 1.54) is 0 Å². The van der Waals surface area contributed by atoms with Gasteiger partial charge in [-0.25, -0.2) is 0 Å². The molecule has 0 aliphatic carbocycles. The molecule has 0 spiro atoms. The van der Waals surface area contributed by atoms with E-state index in [9.17, 15) is 14.4 Å². The van der Waals surface area contributed by atoms with E-state index >= 15 is 0 Å².